The SMILES string of the molecule is CC(=O)N1CCCN(CC(=O)N2CCCNCC2)CC1. The summed E-state index contributed by atoms with van der Waals surface area (Å²) in [6.45, 7) is 8.93. The Morgan fingerprint density at radius 1 is 0.900 bits per heavy atom. The fourth-order valence-corrected chi connectivity index (χ4v) is 2.83. The fraction of sp³-hybridized carbons (Fsp3) is 0.857. The molecule has 2 aliphatic rings. The number of nitrogens with one attached hydrogen (secondary N) is 1. The lowest BCUT2D eigenvalue weighted by Crippen LogP contribution is -2.43. The van der Waals surface area contributed by atoms with E-state index in [-0.39, 0.29) is 11.8 Å². The van der Waals surface area contributed by atoms with E-state index in [1.54, 1.807) is 6.92 Å². The first-order chi connectivity index (χ1) is 9.66. The van der Waals surface area contributed by atoms with E-state index < -0.39 is 0 Å². The van der Waals surface area contributed by atoms with Gasteiger partial charge in [0.25, 0.3) is 0 Å². The van der Waals surface area contributed by atoms with Crippen LogP contribution in [0.5, 0.6) is 0 Å². The molecule has 20 heavy (non-hydrogen) atoms. The van der Waals surface area contributed by atoms with Crippen LogP contribution in [0.1, 0.15) is 19.8 Å². The molecule has 0 aromatic rings. The molecule has 0 aromatic carbocycles. The average molecular weight is 282 g/mol. The van der Waals surface area contributed by atoms with Gasteiger partial charge in [-0.15, -0.1) is 0 Å². The number of carbonyl (C=O) groups excluding carboxylic acids is 2. The van der Waals surface area contributed by atoms with Gasteiger partial charge in [-0.1, -0.05) is 0 Å². The second-order valence-corrected chi connectivity index (χ2v) is 5.62. The Bertz CT molecular complexity index is 340. The number of hydrogen-bond donors (Lipinski definition) is 1. The molecule has 1 N–H and O–H groups in total. The molecule has 114 valence electrons. The summed E-state index contributed by atoms with van der Waals surface area (Å²) in [6, 6.07) is 0. The van der Waals surface area contributed by atoms with Crippen LogP contribution in [0.3, 0.4) is 0 Å². The molecule has 0 bridgehead atoms. The van der Waals surface area contributed by atoms with Crippen molar-refractivity contribution < 1.29 is 9.59 Å². The third-order valence-electron chi connectivity index (χ3n) is 4.09. The Hall–Kier alpha value is -1.14. The summed E-state index contributed by atoms with van der Waals surface area (Å²) in [5, 5.41) is 3.31. The Morgan fingerprint density at radius 3 is 2.50 bits per heavy atom. The Morgan fingerprint density at radius 2 is 1.70 bits per heavy atom. The maximum Gasteiger partial charge on any atom is 0.236 e. The molecule has 0 saturated carbocycles. The number of rotatable bonds is 2. The average Bonchev–Trinajstić information content (AvgIpc) is 2.80. The maximum absolute atomic E-state index is 12.3. The molecule has 0 spiro atoms. The summed E-state index contributed by atoms with van der Waals surface area (Å²) in [4.78, 5) is 29.7. The number of hydrogen-bond acceptors (Lipinski definition) is 4. The second kappa shape index (κ2) is 7.59. The topological polar surface area (TPSA) is 55.9 Å². The van der Waals surface area contributed by atoms with Crippen molar-refractivity contribution in [2.24, 2.45) is 0 Å². The van der Waals surface area contributed by atoms with Gasteiger partial charge >= 0.3 is 0 Å². The number of amides is 2. The highest BCUT2D eigenvalue weighted by atomic mass is 16.2. The van der Waals surface area contributed by atoms with E-state index in [4.69, 9.17) is 0 Å². The van der Waals surface area contributed by atoms with Gasteiger partial charge in [0.15, 0.2) is 0 Å². The van der Waals surface area contributed by atoms with E-state index in [1.807, 2.05) is 9.80 Å². The van der Waals surface area contributed by atoms with Gasteiger partial charge in [-0.3, -0.25) is 14.5 Å². The van der Waals surface area contributed by atoms with Gasteiger partial charge in [0, 0.05) is 52.7 Å². The molecule has 6 nitrogen and oxygen atoms in total. The van der Waals surface area contributed by atoms with Crippen LogP contribution in [0.4, 0.5) is 0 Å². The van der Waals surface area contributed by atoms with E-state index in [9.17, 15) is 9.59 Å². The predicted molar refractivity (Wildman–Crippen MR) is 77.4 cm³/mol. The van der Waals surface area contributed by atoms with Crippen molar-refractivity contribution in [2.45, 2.75) is 19.8 Å². The van der Waals surface area contributed by atoms with Crippen LogP contribution in [0.25, 0.3) is 0 Å². The minimum absolute atomic E-state index is 0.136. The fourth-order valence-electron chi connectivity index (χ4n) is 2.83. The normalized spacial score (nSPS) is 22.2. The van der Waals surface area contributed by atoms with E-state index >= 15 is 0 Å². The Balaban J connectivity index is 1.80. The molecule has 2 heterocycles. The first kappa shape index (κ1) is 15.3. The summed E-state index contributed by atoms with van der Waals surface area (Å²) in [5.41, 5.74) is 0. The quantitative estimate of drug-likeness (QED) is 0.732. The molecule has 2 aliphatic heterocycles. The zero-order chi connectivity index (χ0) is 14.4. The van der Waals surface area contributed by atoms with Gasteiger partial charge in [-0.25, -0.2) is 0 Å². The summed E-state index contributed by atoms with van der Waals surface area (Å²) in [7, 11) is 0. The molecule has 2 rings (SSSR count). The third kappa shape index (κ3) is 4.45. The molecule has 2 saturated heterocycles. The van der Waals surface area contributed by atoms with Crippen LogP contribution in [-0.4, -0.2) is 85.4 Å². The molecule has 2 fully saturated rings. The molecule has 0 radical (unpaired) electrons. The predicted octanol–water partition coefficient (Wildman–Crippen LogP) is -0.637. The van der Waals surface area contributed by atoms with Gasteiger partial charge in [0.05, 0.1) is 6.54 Å². The van der Waals surface area contributed by atoms with Crippen LogP contribution in [0.15, 0.2) is 0 Å². The minimum Gasteiger partial charge on any atom is -0.342 e. The molecular formula is C14H26N4O2. The van der Waals surface area contributed by atoms with Gasteiger partial charge < -0.3 is 15.1 Å². The lowest BCUT2D eigenvalue weighted by atomic mass is 10.3. The zero-order valence-electron chi connectivity index (χ0n) is 12.4. The van der Waals surface area contributed by atoms with Crippen molar-refractivity contribution in [3.05, 3.63) is 0 Å². The smallest absolute Gasteiger partial charge is 0.236 e. The minimum atomic E-state index is 0.136. The van der Waals surface area contributed by atoms with E-state index in [1.165, 1.54) is 0 Å². The summed E-state index contributed by atoms with van der Waals surface area (Å²) < 4.78 is 0. The zero-order valence-corrected chi connectivity index (χ0v) is 12.4. The molecular weight excluding hydrogens is 256 g/mol. The highest BCUT2D eigenvalue weighted by Crippen LogP contribution is 2.05. The largest absolute Gasteiger partial charge is 0.342 e. The van der Waals surface area contributed by atoms with E-state index in [0.717, 1.165) is 65.2 Å². The van der Waals surface area contributed by atoms with Gasteiger partial charge in [-0.05, 0) is 19.4 Å². The molecule has 6 heteroatoms. The van der Waals surface area contributed by atoms with Crippen molar-refractivity contribution in [2.75, 3.05) is 58.9 Å². The monoisotopic (exact) mass is 282 g/mol. The van der Waals surface area contributed by atoms with Gasteiger partial charge in [-0.2, -0.15) is 0 Å². The molecule has 0 atom stereocenters. The van der Waals surface area contributed by atoms with Crippen molar-refractivity contribution >= 4 is 11.8 Å². The van der Waals surface area contributed by atoms with Gasteiger partial charge in [0.2, 0.25) is 11.8 Å². The molecule has 0 unspecified atom stereocenters. The van der Waals surface area contributed by atoms with E-state index in [2.05, 4.69) is 10.2 Å². The van der Waals surface area contributed by atoms with Crippen molar-refractivity contribution in [1.29, 1.82) is 0 Å². The molecule has 0 aliphatic carbocycles. The van der Waals surface area contributed by atoms with Crippen LogP contribution in [0, 0.1) is 0 Å². The summed E-state index contributed by atoms with van der Waals surface area (Å²) >= 11 is 0. The number of nitrogens with zero attached hydrogens (tertiary/aromatic N) is 3. The van der Waals surface area contributed by atoms with Crippen molar-refractivity contribution in [3.63, 3.8) is 0 Å². The third-order valence-corrected chi connectivity index (χ3v) is 4.09. The summed E-state index contributed by atoms with van der Waals surface area (Å²) in [5.74, 6) is 0.363. The van der Waals surface area contributed by atoms with E-state index in [0.29, 0.717) is 6.54 Å². The molecule has 0 aromatic heterocycles. The first-order valence-electron chi connectivity index (χ1n) is 7.63. The van der Waals surface area contributed by atoms with Crippen LogP contribution in [0.2, 0.25) is 0 Å². The first-order valence-corrected chi connectivity index (χ1v) is 7.63. The van der Waals surface area contributed by atoms with Crippen LogP contribution in [-0.2, 0) is 9.59 Å². The lowest BCUT2D eigenvalue weighted by molar-refractivity contribution is -0.132. The molecule has 2 amide bonds. The second-order valence-electron chi connectivity index (χ2n) is 5.62. The lowest BCUT2D eigenvalue weighted by Gasteiger charge is -2.25. The highest BCUT2D eigenvalue weighted by Gasteiger charge is 2.21. The van der Waals surface area contributed by atoms with Crippen molar-refractivity contribution in [1.82, 2.24) is 20.0 Å². The number of carbonyl (C=O) groups is 2. The Kier molecular flexibility index (Phi) is 5.79. The Labute approximate surface area is 121 Å². The highest BCUT2D eigenvalue weighted by molar-refractivity contribution is 5.78. The van der Waals surface area contributed by atoms with Crippen molar-refractivity contribution in [3.8, 4) is 0 Å². The van der Waals surface area contributed by atoms with Crippen LogP contribution < -0.4 is 5.32 Å². The maximum atomic E-state index is 12.3. The summed E-state index contributed by atoms with van der Waals surface area (Å²) in [6.07, 6.45) is 1.98. The standard InChI is InChI=1S/C14H26N4O2/c1-13(19)17-8-3-6-16(10-11-17)12-14(20)18-7-2-4-15-5-9-18/h15H,2-12H2,1H3. The van der Waals surface area contributed by atoms with Crippen LogP contribution >= 0.6 is 0 Å². The van der Waals surface area contributed by atoms with Gasteiger partial charge in [0.1, 0.15) is 0 Å².